The second kappa shape index (κ2) is 10.7. The van der Waals surface area contributed by atoms with E-state index in [0.29, 0.717) is 35.2 Å². The molecule has 0 saturated heterocycles. The lowest BCUT2D eigenvalue weighted by Gasteiger charge is -2.21. The molecule has 0 saturated carbocycles. The largest absolute Gasteiger partial charge is 0.375 e. The lowest BCUT2D eigenvalue weighted by Crippen LogP contribution is -2.30. The molecule has 3 heterocycles. The number of carbonyl (C=O) groups excluding carboxylic acids is 1. The minimum absolute atomic E-state index is 0.231. The summed E-state index contributed by atoms with van der Waals surface area (Å²) in [5.74, 6) is -0.893. The number of nitrogens with zero attached hydrogens (tertiary/aromatic N) is 3. The predicted octanol–water partition coefficient (Wildman–Crippen LogP) is 4.39. The van der Waals surface area contributed by atoms with Gasteiger partial charge in [0.15, 0.2) is 0 Å². The second-order valence-corrected chi connectivity index (χ2v) is 9.76. The van der Waals surface area contributed by atoms with E-state index in [0.717, 1.165) is 38.7 Å². The molecule has 5 rings (SSSR count). The molecule has 196 valence electrons. The minimum atomic E-state index is -0.381. The van der Waals surface area contributed by atoms with E-state index in [1.165, 1.54) is 6.07 Å². The van der Waals surface area contributed by atoms with Gasteiger partial charge in [0.25, 0.3) is 5.91 Å². The Kier molecular flexibility index (Phi) is 7.14. The van der Waals surface area contributed by atoms with Crippen molar-refractivity contribution >= 4 is 29.0 Å². The fraction of sp³-hybridized carbons (Fsp3) is 0.219. The van der Waals surface area contributed by atoms with Gasteiger partial charge in [0.05, 0.1) is 41.8 Å². The van der Waals surface area contributed by atoms with Gasteiger partial charge in [0, 0.05) is 35.8 Å². The van der Waals surface area contributed by atoms with Crippen LogP contribution < -0.4 is 15.9 Å². The van der Waals surface area contributed by atoms with Gasteiger partial charge in [0.2, 0.25) is 0 Å². The molecular weight excluding hydrogens is 491 g/mol. The summed E-state index contributed by atoms with van der Waals surface area (Å²) in [6, 6.07) is 16.7. The Bertz CT molecular complexity index is 1800. The van der Waals surface area contributed by atoms with Crippen LogP contribution in [0.15, 0.2) is 60.7 Å². The number of rotatable bonds is 5. The lowest BCUT2D eigenvalue weighted by atomic mass is 9.92. The van der Waals surface area contributed by atoms with E-state index in [1.54, 1.807) is 18.2 Å². The first kappa shape index (κ1) is 26.1. The first-order valence-corrected chi connectivity index (χ1v) is 12.8. The van der Waals surface area contributed by atoms with Gasteiger partial charge in [-0.25, -0.2) is 9.37 Å². The van der Waals surface area contributed by atoms with Crippen LogP contribution in [-0.2, 0) is 18.4 Å². The van der Waals surface area contributed by atoms with Crippen LogP contribution in [-0.4, -0.2) is 28.6 Å². The number of ether oxygens (including phenoxy) is 1. The predicted molar refractivity (Wildman–Crippen MR) is 151 cm³/mol. The summed E-state index contributed by atoms with van der Waals surface area (Å²) in [4.78, 5) is 17.8. The first-order valence-electron chi connectivity index (χ1n) is 12.8. The Hall–Kier alpha value is -4.54. The SMILES string of the molecule is C=C(/C=c1/nc(-c2ccc(F)c3c2cc(C)n3C)cc/c1=C/C)CNC(=O)c1ccc2c(c1)C(C#N)COC2. The van der Waals surface area contributed by atoms with Gasteiger partial charge in [-0.1, -0.05) is 24.8 Å². The van der Waals surface area contributed by atoms with Crippen LogP contribution in [0.2, 0.25) is 0 Å². The lowest BCUT2D eigenvalue weighted by molar-refractivity contribution is 0.0952. The Morgan fingerprint density at radius 1 is 1.28 bits per heavy atom. The molecule has 1 amide bonds. The topological polar surface area (TPSA) is 79.9 Å². The molecule has 6 nitrogen and oxygen atoms in total. The fourth-order valence-corrected chi connectivity index (χ4v) is 4.98. The molecule has 2 aromatic carbocycles. The number of carbonyl (C=O) groups is 1. The van der Waals surface area contributed by atoms with Crippen molar-refractivity contribution in [2.75, 3.05) is 13.2 Å². The van der Waals surface area contributed by atoms with Crippen LogP contribution in [0, 0.1) is 24.1 Å². The van der Waals surface area contributed by atoms with Crippen molar-refractivity contribution < 1.29 is 13.9 Å². The van der Waals surface area contributed by atoms with Crippen LogP contribution in [0.1, 0.15) is 40.0 Å². The Labute approximate surface area is 226 Å². The Morgan fingerprint density at radius 2 is 2.10 bits per heavy atom. The summed E-state index contributed by atoms with van der Waals surface area (Å²) < 4.78 is 21.9. The zero-order valence-corrected chi connectivity index (χ0v) is 22.2. The summed E-state index contributed by atoms with van der Waals surface area (Å²) in [6.45, 7) is 9.01. The maximum atomic E-state index is 14.6. The average Bonchev–Trinajstić information content (AvgIpc) is 3.25. The van der Waals surface area contributed by atoms with Crippen LogP contribution in [0.5, 0.6) is 0 Å². The van der Waals surface area contributed by atoms with E-state index in [9.17, 15) is 14.4 Å². The standard InChI is InChI=1S/C32H29FN4O2/c1-5-21-8-11-29(25-9-10-28(33)31-27(25)13-20(3)37(31)4)36-30(21)12-19(2)16-35-32(38)22-6-7-23-17-39-18-24(15-34)26(23)14-22/h5-14,24H,2,16-18H2,1,3-4H3,(H,35,38)/b21-5-,30-12+. The van der Waals surface area contributed by atoms with Crippen molar-refractivity contribution in [1.82, 2.24) is 14.9 Å². The molecule has 0 bridgehead atoms. The van der Waals surface area contributed by atoms with E-state index in [1.807, 2.05) is 61.9 Å². The number of fused-ring (bicyclic) bond motifs is 2. The van der Waals surface area contributed by atoms with Gasteiger partial charge >= 0.3 is 0 Å². The maximum Gasteiger partial charge on any atom is 0.251 e. The van der Waals surface area contributed by atoms with Gasteiger partial charge < -0.3 is 14.6 Å². The highest BCUT2D eigenvalue weighted by Crippen LogP contribution is 2.31. The molecule has 1 N–H and O–H groups in total. The van der Waals surface area contributed by atoms with Crippen LogP contribution in [0.4, 0.5) is 4.39 Å². The number of aromatic nitrogens is 2. The van der Waals surface area contributed by atoms with Crippen molar-refractivity contribution in [3.63, 3.8) is 0 Å². The molecule has 1 aliphatic heterocycles. The molecule has 1 aliphatic rings. The quantitative estimate of drug-likeness (QED) is 0.423. The van der Waals surface area contributed by atoms with E-state index >= 15 is 0 Å². The van der Waals surface area contributed by atoms with Gasteiger partial charge in [-0.05, 0) is 78.2 Å². The number of halogens is 1. The highest BCUT2D eigenvalue weighted by atomic mass is 19.1. The molecule has 0 radical (unpaired) electrons. The number of nitriles is 1. The highest BCUT2D eigenvalue weighted by molar-refractivity contribution is 5.96. The molecule has 39 heavy (non-hydrogen) atoms. The molecule has 1 unspecified atom stereocenters. The number of aryl methyl sites for hydroxylation is 2. The van der Waals surface area contributed by atoms with Gasteiger partial charge in [-0.15, -0.1) is 0 Å². The molecule has 4 aromatic rings. The summed E-state index contributed by atoms with van der Waals surface area (Å²) in [7, 11) is 1.85. The van der Waals surface area contributed by atoms with Crippen LogP contribution >= 0.6 is 0 Å². The number of nitrogens with one attached hydrogen (secondary N) is 1. The van der Waals surface area contributed by atoms with Crippen molar-refractivity contribution in [3.05, 3.63) is 99.5 Å². The van der Waals surface area contributed by atoms with Crippen molar-refractivity contribution in [2.45, 2.75) is 26.4 Å². The highest BCUT2D eigenvalue weighted by Gasteiger charge is 2.22. The van der Waals surface area contributed by atoms with E-state index in [2.05, 4.69) is 18.0 Å². The molecular formula is C32H29FN4O2. The summed E-state index contributed by atoms with van der Waals surface area (Å²) in [5.41, 5.74) is 6.02. The van der Waals surface area contributed by atoms with Crippen molar-refractivity contribution in [2.24, 2.45) is 7.05 Å². The number of hydrogen-bond donors (Lipinski definition) is 1. The van der Waals surface area contributed by atoms with E-state index in [4.69, 9.17) is 9.72 Å². The number of amides is 1. The van der Waals surface area contributed by atoms with Crippen molar-refractivity contribution in [3.8, 4) is 17.3 Å². The van der Waals surface area contributed by atoms with E-state index < -0.39 is 0 Å². The zero-order valence-electron chi connectivity index (χ0n) is 22.2. The summed E-state index contributed by atoms with van der Waals surface area (Å²) in [5, 5.41) is 14.8. The number of hydrogen-bond acceptors (Lipinski definition) is 4. The zero-order chi connectivity index (χ0) is 27.7. The first-order chi connectivity index (χ1) is 18.8. The monoisotopic (exact) mass is 520 g/mol. The molecule has 0 aliphatic carbocycles. The smallest absolute Gasteiger partial charge is 0.251 e. The molecule has 0 fully saturated rings. The normalized spacial score (nSPS) is 15.7. The molecule has 0 spiro atoms. The average molecular weight is 521 g/mol. The Morgan fingerprint density at radius 3 is 2.87 bits per heavy atom. The van der Waals surface area contributed by atoms with Crippen molar-refractivity contribution in [1.29, 1.82) is 5.26 Å². The van der Waals surface area contributed by atoms with Gasteiger partial charge in [-0.3, -0.25) is 4.79 Å². The summed E-state index contributed by atoms with van der Waals surface area (Å²) in [6.07, 6.45) is 3.82. The molecule has 7 heteroatoms. The minimum Gasteiger partial charge on any atom is -0.375 e. The third-order valence-electron chi connectivity index (χ3n) is 7.23. The van der Waals surface area contributed by atoms with Crippen LogP contribution in [0.25, 0.3) is 34.3 Å². The number of pyridine rings is 1. The maximum absolute atomic E-state index is 14.6. The fourth-order valence-electron chi connectivity index (χ4n) is 4.98. The third kappa shape index (κ3) is 4.99. The third-order valence-corrected chi connectivity index (χ3v) is 7.23. The van der Waals surface area contributed by atoms with E-state index in [-0.39, 0.29) is 24.2 Å². The molecule has 2 aromatic heterocycles. The summed E-state index contributed by atoms with van der Waals surface area (Å²) >= 11 is 0. The van der Waals surface area contributed by atoms with Gasteiger partial charge in [0.1, 0.15) is 5.82 Å². The Balaban J connectivity index is 1.40. The second-order valence-electron chi connectivity index (χ2n) is 9.76. The van der Waals surface area contributed by atoms with Crippen LogP contribution in [0.3, 0.4) is 0 Å². The van der Waals surface area contributed by atoms with Gasteiger partial charge in [-0.2, -0.15) is 5.26 Å². The number of benzene rings is 2. The molecule has 1 atom stereocenters.